The lowest BCUT2D eigenvalue weighted by molar-refractivity contribution is -0.384. The highest BCUT2D eigenvalue weighted by Gasteiger charge is 2.21. The van der Waals surface area contributed by atoms with Crippen molar-refractivity contribution in [1.29, 1.82) is 0 Å². The highest BCUT2D eigenvalue weighted by Crippen LogP contribution is 2.34. The summed E-state index contributed by atoms with van der Waals surface area (Å²) < 4.78 is 10.8. The standard InChI is InChI=1S/C29H28N6O5/c1-5-33(6-2)19-7-9-20(10-8-19)34-31-24-15-18(3)23(17-25(24)32-34)30-29(36)28-14-13-27(40-28)22-12-11-21(39-4)16-26(22)35(37)38/h7-17H,5-6H2,1-4H3,(H,30,36). The fourth-order valence-electron chi connectivity index (χ4n) is 4.49. The molecule has 0 aliphatic heterocycles. The van der Waals surface area contributed by atoms with E-state index in [4.69, 9.17) is 9.15 Å². The number of fused-ring (bicyclic) bond motifs is 1. The molecule has 0 radical (unpaired) electrons. The Morgan fingerprint density at radius 1 is 1.02 bits per heavy atom. The zero-order valence-electron chi connectivity index (χ0n) is 22.5. The number of hydrogen-bond donors (Lipinski definition) is 1. The molecule has 0 bridgehead atoms. The molecule has 0 fully saturated rings. The van der Waals surface area contributed by atoms with Crippen molar-refractivity contribution in [1.82, 2.24) is 15.0 Å². The van der Waals surface area contributed by atoms with Crippen molar-refractivity contribution in [3.8, 4) is 22.8 Å². The molecule has 0 spiro atoms. The van der Waals surface area contributed by atoms with Crippen LogP contribution in [-0.2, 0) is 0 Å². The van der Waals surface area contributed by atoms with Gasteiger partial charge in [0.25, 0.3) is 11.6 Å². The summed E-state index contributed by atoms with van der Waals surface area (Å²) in [6, 6.07) is 19.1. The molecule has 1 N–H and O–H groups in total. The minimum Gasteiger partial charge on any atom is -0.497 e. The maximum Gasteiger partial charge on any atom is 0.291 e. The van der Waals surface area contributed by atoms with Crippen LogP contribution < -0.4 is 15.0 Å². The van der Waals surface area contributed by atoms with Crippen LogP contribution >= 0.6 is 0 Å². The monoisotopic (exact) mass is 540 g/mol. The van der Waals surface area contributed by atoms with Crippen LogP contribution in [0, 0.1) is 17.0 Å². The first-order chi connectivity index (χ1) is 19.3. The third kappa shape index (κ3) is 5.08. The summed E-state index contributed by atoms with van der Waals surface area (Å²) >= 11 is 0. The van der Waals surface area contributed by atoms with Crippen molar-refractivity contribution in [2.24, 2.45) is 0 Å². The first-order valence-corrected chi connectivity index (χ1v) is 12.8. The van der Waals surface area contributed by atoms with Gasteiger partial charge in [0.15, 0.2) is 5.76 Å². The topological polar surface area (TPSA) is 129 Å². The van der Waals surface area contributed by atoms with Crippen LogP contribution in [0.25, 0.3) is 28.0 Å². The molecule has 3 aromatic carbocycles. The number of methoxy groups -OCH3 is 1. The highest BCUT2D eigenvalue weighted by molar-refractivity contribution is 6.04. The van der Waals surface area contributed by atoms with Crippen LogP contribution in [0.4, 0.5) is 17.1 Å². The molecule has 0 saturated heterocycles. The minimum atomic E-state index is -0.523. The van der Waals surface area contributed by atoms with Gasteiger partial charge in [0.2, 0.25) is 0 Å². The number of nitro groups is 1. The second-order valence-electron chi connectivity index (χ2n) is 9.09. The van der Waals surface area contributed by atoms with Gasteiger partial charge in [-0.15, -0.1) is 10.2 Å². The van der Waals surface area contributed by atoms with Crippen molar-refractivity contribution < 1.29 is 18.9 Å². The number of ether oxygens (including phenoxy) is 1. The molecule has 5 rings (SSSR count). The Kier molecular flexibility index (Phi) is 7.19. The molecule has 2 aromatic heterocycles. The van der Waals surface area contributed by atoms with E-state index in [2.05, 4.69) is 34.3 Å². The Labute approximate surface area is 230 Å². The Hall–Kier alpha value is -5.19. The van der Waals surface area contributed by atoms with Crippen molar-refractivity contribution in [2.75, 3.05) is 30.4 Å². The Morgan fingerprint density at radius 3 is 2.38 bits per heavy atom. The van der Waals surface area contributed by atoms with Crippen LogP contribution in [-0.4, -0.2) is 46.0 Å². The molecule has 0 aliphatic carbocycles. The lowest BCUT2D eigenvalue weighted by Gasteiger charge is -2.20. The van der Waals surface area contributed by atoms with Crippen LogP contribution in [0.5, 0.6) is 5.75 Å². The summed E-state index contributed by atoms with van der Waals surface area (Å²) in [5, 5.41) is 23.6. The maximum atomic E-state index is 13.0. The number of benzene rings is 3. The Morgan fingerprint density at radius 2 is 1.73 bits per heavy atom. The summed E-state index contributed by atoms with van der Waals surface area (Å²) in [4.78, 5) is 27.9. The summed E-state index contributed by atoms with van der Waals surface area (Å²) in [5.41, 5.74) is 4.66. The van der Waals surface area contributed by atoms with E-state index >= 15 is 0 Å². The van der Waals surface area contributed by atoms with Gasteiger partial charge in [0.1, 0.15) is 22.5 Å². The maximum absolute atomic E-state index is 13.0. The van der Waals surface area contributed by atoms with Gasteiger partial charge >= 0.3 is 0 Å². The molecule has 0 aliphatic rings. The average Bonchev–Trinajstić information content (AvgIpc) is 3.61. The Bertz CT molecular complexity index is 1700. The molecule has 5 aromatic rings. The molecule has 40 heavy (non-hydrogen) atoms. The molecule has 2 heterocycles. The van der Waals surface area contributed by atoms with E-state index < -0.39 is 10.8 Å². The number of nitro benzene ring substituents is 1. The third-order valence-electron chi connectivity index (χ3n) is 6.68. The number of rotatable bonds is 9. The van der Waals surface area contributed by atoms with Gasteiger partial charge in [-0.1, -0.05) is 0 Å². The van der Waals surface area contributed by atoms with E-state index in [0.29, 0.717) is 22.5 Å². The number of carbonyl (C=O) groups excluding carboxylic acids is 1. The largest absolute Gasteiger partial charge is 0.497 e. The Balaban J connectivity index is 1.37. The van der Waals surface area contributed by atoms with Crippen molar-refractivity contribution in [2.45, 2.75) is 20.8 Å². The zero-order chi connectivity index (χ0) is 28.4. The van der Waals surface area contributed by atoms with Gasteiger partial charge in [0, 0.05) is 24.5 Å². The van der Waals surface area contributed by atoms with Crippen molar-refractivity contribution >= 4 is 34.0 Å². The van der Waals surface area contributed by atoms with Crippen molar-refractivity contribution in [3.63, 3.8) is 0 Å². The van der Waals surface area contributed by atoms with E-state index in [-0.39, 0.29) is 22.8 Å². The number of carbonyl (C=O) groups is 1. The van der Waals surface area contributed by atoms with Crippen molar-refractivity contribution in [3.05, 3.63) is 88.2 Å². The second kappa shape index (κ2) is 10.9. The van der Waals surface area contributed by atoms with Crippen LogP contribution in [0.2, 0.25) is 0 Å². The first kappa shape index (κ1) is 26.4. The lowest BCUT2D eigenvalue weighted by Crippen LogP contribution is -2.21. The first-order valence-electron chi connectivity index (χ1n) is 12.8. The summed E-state index contributed by atoms with van der Waals surface area (Å²) in [6.45, 7) is 7.95. The predicted octanol–water partition coefficient (Wildman–Crippen LogP) is 6.00. The normalized spacial score (nSPS) is 11.0. The van der Waals surface area contributed by atoms with Gasteiger partial charge in [-0.05, 0) is 87.0 Å². The van der Waals surface area contributed by atoms with Crippen LogP contribution in [0.3, 0.4) is 0 Å². The number of furan rings is 1. The molecular formula is C29H28N6O5. The molecule has 11 nitrogen and oxygen atoms in total. The summed E-state index contributed by atoms with van der Waals surface area (Å²) in [7, 11) is 1.43. The SMILES string of the molecule is CCN(CC)c1ccc(-n2nc3cc(C)c(NC(=O)c4ccc(-c5ccc(OC)cc5[N+](=O)[O-])o4)cc3n2)cc1. The van der Waals surface area contributed by atoms with Crippen LogP contribution in [0.1, 0.15) is 30.0 Å². The molecule has 0 saturated carbocycles. The number of anilines is 2. The molecule has 1 amide bonds. The average molecular weight is 541 g/mol. The number of hydrogen-bond acceptors (Lipinski definition) is 8. The second-order valence-corrected chi connectivity index (χ2v) is 9.09. The fourth-order valence-corrected chi connectivity index (χ4v) is 4.49. The quantitative estimate of drug-likeness (QED) is 0.178. The molecular weight excluding hydrogens is 512 g/mol. The smallest absolute Gasteiger partial charge is 0.291 e. The molecule has 11 heteroatoms. The van der Waals surface area contributed by atoms with E-state index in [0.717, 1.165) is 30.0 Å². The zero-order valence-corrected chi connectivity index (χ0v) is 22.5. The van der Waals surface area contributed by atoms with E-state index in [1.807, 2.05) is 37.3 Å². The van der Waals surface area contributed by atoms with Gasteiger partial charge in [-0.2, -0.15) is 4.80 Å². The number of nitrogens with zero attached hydrogens (tertiary/aromatic N) is 5. The van der Waals surface area contributed by atoms with Gasteiger partial charge in [-0.3, -0.25) is 14.9 Å². The fraction of sp³-hybridized carbons (Fsp3) is 0.207. The van der Waals surface area contributed by atoms with Gasteiger partial charge in [-0.25, -0.2) is 0 Å². The highest BCUT2D eigenvalue weighted by atomic mass is 16.6. The number of amides is 1. The lowest BCUT2D eigenvalue weighted by atomic mass is 10.1. The van der Waals surface area contributed by atoms with Crippen LogP contribution in [0.15, 0.2) is 71.1 Å². The summed E-state index contributed by atoms with van der Waals surface area (Å²) in [5.74, 6) is 0.0573. The summed E-state index contributed by atoms with van der Waals surface area (Å²) in [6.07, 6.45) is 0. The number of nitrogens with one attached hydrogen (secondary N) is 1. The third-order valence-corrected chi connectivity index (χ3v) is 6.68. The van der Waals surface area contributed by atoms with Gasteiger partial charge < -0.3 is 19.4 Å². The molecule has 0 atom stereocenters. The van der Waals surface area contributed by atoms with E-state index in [1.54, 1.807) is 16.9 Å². The van der Waals surface area contributed by atoms with E-state index in [1.165, 1.54) is 31.4 Å². The van der Waals surface area contributed by atoms with Gasteiger partial charge in [0.05, 0.1) is 29.4 Å². The minimum absolute atomic E-state index is 0.0107. The van der Waals surface area contributed by atoms with E-state index in [9.17, 15) is 14.9 Å². The number of aryl methyl sites for hydroxylation is 1. The molecule has 0 unspecified atom stereocenters. The number of aromatic nitrogens is 3. The molecule has 204 valence electrons. The predicted molar refractivity (Wildman–Crippen MR) is 152 cm³/mol.